The lowest BCUT2D eigenvalue weighted by atomic mass is 10.1. The van der Waals surface area contributed by atoms with Crippen LogP contribution in [0.5, 0.6) is 0 Å². The lowest BCUT2D eigenvalue weighted by molar-refractivity contribution is -0.131. The molecule has 0 spiro atoms. The van der Waals surface area contributed by atoms with Crippen molar-refractivity contribution >= 4 is 5.91 Å². The molecular weight excluding hydrogens is 264 g/mol. The summed E-state index contributed by atoms with van der Waals surface area (Å²) in [5.41, 5.74) is 5.98. The zero-order chi connectivity index (χ0) is 15.8. The molecule has 0 aliphatic carbocycles. The highest BCUT2D eigenvalue weighted by Gasteiger charge is 2.25. The molecule has 1 aliphatic heterocycles. The third-order valence-electron chi connectivity index (χ3n) is 4.09. The van der Waals surface area contributed by atoms with E-state index < -0.39 is 0 Å². The summed E-state index contributed by atoms with van der Waals surface area (Å²) in [6.45, 7) is 9.83. The minimum Gasteiger partial charge on any atom is -0.343 e. The number of likely N-dealkylation sites (tertiary alicyclic amines) is 1. The van der Waals surface area contributed by atoms with E-state index in [1.807, 2.05) is 4.90 Å². The van der Waals surface area contributed by atoms with Crippen LogP contribution in [0, 0.1) is 5.92 Å². The molecule has 0 aromatic rings. The molecule has 21 heavy (non-hydrogen) atoms. The van der Waals surface area contributed by atoms with Crippen LogP contribution in [0.1, 0.15) is 33.1 Å². The summed E-state index contributed by atoms with van der Waals surface area (Å²) >= 11 is 0. The highest BCUT2D eigenvalue weighted by molar-refractivity contribution is 5.77. The van der Waals surface area contributed by atoms with Gasteiger partial charge in [-0.25, -0.2) is 0 Å². The fourth-order valence-corrected chi connectivity index (χ4v) is 2.88. The van der Waals surface area contributed by atoms with Gasteiger partial charge in [-0.05, 0) is 32.9 Å². The van der Waals surface area contributed by atoms with Crippen molar-refractivity contribution in [2.75, 3.05) is 53.4 Å². The number of amides is 1. The van der Waals surface area contributed by atoms with E-state index in [4.69, 9.17) is 5.73 Å². The molecule has 0 aromatic carbocycles. The summed E-state index contributed by atoms with van der Waals surface area (Å²) in [6, 6.07) is 0.167. The van der Waals surface area contributed by atoms with Crippen molar-refractivity contribution in [2.45, 2.75) is 39.2 Å². The molecule has 0 bridgehead atoms. The lowest BCUT2D eigenvalue weighted by Crippen LogP contribution is -2.48. The second kappa shape index (κ2) is 9.38. The summed E-state index contributed by atoms with van der Waals surface area (Å²) in [4.78, 5) is 19.0. The van der Waals surface area contributed by atoms with Gasteiger partial charge in [0, 0.05) is 51.7 Å². The molecule has 124 valence electrons. The molecule has 0 saturated carbocycles. The summed E-state index contributed by atoms with van der Waals surface area (Å²) in [5.74, 6) is 0.865. The number of rotatable bonds is 9. The Morgan fingerprint density at radius 1 is 1.19 bits per heavy atom. The van der Waals surface area contributed by atoms with E-state index >= 15 is 0 Å². The van der Waals surface area contributed by atoms with Gasteiger partial charge in [0.05, 0.1) is 0 Å². The molecule has 1 aliphatic rings. The Balaban J connectivity index is 2.58. The minimum atomic E-state index is 0.167. The molecule has 1 unspecified atom stereocenters. The van der Waals surface area contributed by atoms with Gasteiger partial charge in [0.2, 0.25) is 5.91 Å². The fraction of sp³-hybridized carbons (Fsp3) is 0.938. The molecule has 5 nitrogen and oxygen atoms in total. The standard InChI is InChI=1S/C16H34N4O/c1-14(2)13-20(10-9-18(3)4)15(12-17)11-16(21)19-7-5-6-8-19/h14-15H,5-13,17H2,1-4H3. The van der Waals surface area contributed by atoms with E-state index in [-0.39, 0.29) is 11.9 Å². The van der Waals surface area contributed by atoms with Crippen LogP contribution >= 0.6 is 0 Å². The number of carbonyl (C=O) groups is 1. The molecule has 1 fully saturated rings. The number of nitrogens with two attached hydrogens (primary N) is 1. The average Bonchev–Trinajstić information content (AvgIpc) is 2.94. The van der Waals surface area contributed by atoms with Crippen molar-refractivity contribution in [1.82, 2.24) is 14.7 Å². The van der Waals surface area contributed by atoms with E-state index in [0.717, 1.165) is 45.6 Å². The van der Waals surface area contributed by atoms with Gasteiger partial charge in [-0.3, -0.25) is 9.69 Å². The van der Waals surface area contributed by atoms with Crippen molar-refractivity contribution in [3.05, 3.63) is 0 Å². The second-order valence-electron chi connectivity index (χ2n) is 6.87. The maximum absolute atomic E-state index is 12.4. The summed E-state index contributed by atoms with van der Waals surface area (Å²) in [7, 11) is 4.17. The summed E-state index contributed by atoms with van der Waals surface area (Å²) in [6.07, 6.45) is 2.86. The van der Waals surface area contributed by atoms with Gasteiger partial charge in [0.25, 0.3) is 0 Å². The van der Waals surface area contributed by atoms with Crippen LogP contribution in [0.15, 0.2) is 0 Å². The molecule has 0 aromatic heterocycles. The van der Waals surface area contributed by atoms with Gasteiger partial charge in [-0.2, -0.15) is 0 Å². The molecule has 1 atom stereocenters. The highest BCUT2D eigenvalue weighted by Crippen LogP contribution is 2.13. The van der Waals surface area contributed by atoms with Gasteiger partial charge in [0.15, 0.2) is 0 Å². The molecule has 2 N–H and O–H groups in total. The zero-order valence-corrected chi connectivity index (χ0v) is 14.3. The third kappa shape index (κ3) is 6.76. The van der Waals surface area contributed by atoms with Crippen molar-refractivity contribution in [3.63, 3.8) is 0 Å². The zero-order valence-electron chi connectivity index (χ0n) is 14.3. The summed E-state index contributed by atoms with van der Waals surface area (Å²) < 4.78 is 0. The largest absolute Gasteiger partial charge is 0.343 e. The quantitative estimate of drug-likeness (QED) is 0.685. The molecule has 5 heteroatoms. The van der Waals surface area contributed by atoms with Crippen molar-refractivity contribution in [2.24, 2.45) is 11.7 Å². The Labute approximate surface area is 130 Å². The Bertz CT molecular complexity index is 301. The molecule has 1 saturated heterocycles. The second-order valence-corrected chi connectivity index (χ2v) is 6.87. The van der Waals surface area contributed by atoms with Crippen molar-refractivity contribution in [1.29, 1.82) is 0 Å². The Morgan fingerprint density at radius 2 is 1.81 bits per heavy atom. The first-order valence-corrected chi connectivity index (χ1v) is 8.30. The first-order valence-electron chi connectivity index (χ1n) is 8.30. The first-order chi connectivity index (χ1) is 9.93. The van der Waals surface area contributed by atoms with E-state index in [1.165, 1.54) is 0 Å². The molecule has 1 amide bonds. The lowest BCUT2D eigenvalue weighted by Gasteiger charge is -2.33. The predicted molar refractivity (Wildman–Crippen MR) is 88.2 cm³/mol. The minimum absolute atomic E-state index is 0.167. The number of hydrogen-bond donors (Lipinski definition) is 1. The smallest absolute Gasteiger partial charge is 0.224 e. The molecular formula is C16H34N4O. The van der Waals surface area contributed by atoms with Crippen LogP contribution in [0.4, 0.5) is 0 Å². The van der Waals surface area contributed by atoms with E-state index in [0.29, 0.717) is 18.9 Å². The van der Waals surface area contributed by atoms with Crippen LogP contribution in [0.3, 0.4) is 0 Å². The first kappa shape index (κ1) is 18.4. The van der Waals surface area contributed by atoms with Crippen LogP contribution in [0.2, 0.25) is 0 Å². The Hall–Kier alpha value is -0.650. The maximum Gasteiger partial charge on any atom is 0.224 e. The van der Waals surface area contributed by atoms with Gasteiger partial charge >= 0.3 is 0 Å². The predicted octanol–water partition coefficient (Wildman–Crippen LogP) is 0.846. The number of nitrogens with zero attached hydrogens (tertiary/aromatic N) is 3. The van der Waals surface area contributed by atoms with Crippen LogP contribution in [-0.4, -0.2) is 80.0 Å². The van der Waals surface area contributed by atoms with E-state index in [1.54, 1.807) is 0 Å². The number of likely N-dealkylation sites (N-methyl/N-ethyl adjacent to an activating group) is 1. The van der Waals surface area contributed by atoms with Gasteiger partial charge in [-0.1, -0.05) is 13.8 Å². The van der Waals surface area contributed by atoms with Crippen LogP contribution in [0.25, 0.3) is 0 Å². The van der Waals surface area contributed by atoms with Crippen LogP contribution < -0.4 is 5.73 Å². The monoisotopic (exact) mass is 298 g/mol. The van der Waals surface area contributed by atoms with E-state index in [2.05, 4.69) is 37.7 Å². The molecule has 0 radical (unpaired) electrons. The maximum atomic E-state index is 12.4. The number of carbonyl (C=O) groups excluding carboxylic acids is 1. The van der Waals surface area contributed by atoms with Gasteiger partial charge in [-0.15, -0.1) is 0 Å². The van der Waals surface area contributed by atoms with Crippen molar-refractivity contribution in [3.8, 4) is 0 Å². The molecule has 1 rings (SSSR count). The Morgan fingerprint density at radius 3 is 2.29 bits per heavy atom. The van der Waals surface area contributed by atoms with Crippen LogP contribution in [-0.2, 0) is 4.79 Å². The topological polar surface area (TPSA) is 52.8 Å². The van der Waals surface area contributed by atoms with E-state index in [9.17, 15) is 4.79 Å². The average molecular weight is 298 g/mol. The Kier molecular flexibility index (Phi) is 8.22. The third-order valence-corrected chi connectivity index (χ3v) is 4.09. The van der Waals surface area contributed by atoms with Gasteiger partial charge < -0.3 is 15.5 Å². The van der Waals surface area contributed by atoms with Gasteiger partial charge in [0.1, 0.15) is 0 Å². The SMILES string of the molecule is CC(C)CN(CCN(C)C)C(CN)CC(=O)N1CCCC1. The van der Waals surface area contributed by atoms with Crippen molar-refractivity contribution < 1.29 is 4.79 Å². The highest BCUT2D eigenvalue weighted by atomic mass is 16.2. The molecule has 1 heterocycles. The fourth-order valence-electron chi connectivity index (χ4n) is 2.88. The normalized spacial score (nSPS) is 17.2. The number of hydrogen-bond acceptors (Lipinski definition) is 4. The summed E-state index contributed by atoms with van der Waals surface area (Å²) in [5, 5.41) is 0.